The molecule has 0 radical (unpaired) electrons. The average molecular weight is 503 g/mol. The highest BCUT2D eigenvalue weighted by Gasteiger charge is 2.18. The summed E-state index contributed by atoms with van der Waals surface area (Å²) < 4.78 is 1.85. The Morgan fingerprint density at radius 1 is 1.00 bits per heavy atom. The van der Waals surface area contributed by atoms with E-state index in [1.807, 2.05) is 41.1 Å². The molecule has 2 aromatic heterocycles. The molecule has 0 aliphatic rings. The second kappa shape index (κ2) is 12.5. The SMILES string of the molecule is CCSc1nc(NCC(C)C)c2cnn(CCNC(=O)CC(c3ccccc3)c3ccccc3)c2n1. The number of carbonyl (C=O) groups is 1. The minimum Gasteiger partial charge on any atom is -0.369 e. The van der Waals surface area contributed by atoms with E-state index in [0.717, 1.165) is 45.4 Å². The number of carbonyl (C=O) groups excluding carboxylic acids is 1. The third-order valence-corrected chi connectivity index (χ3v) is 6.60. The van der Waals surface area contributed by atoms with Gasteiger partial charge in [0, 0.05) is 25.4 Å². The van der Waals surface area contributed by atoms with Gasteiger partial charge in [0.2, 0.25) is 5.91 Å². The summed E-state index contributed by atoms with van der Waals surface area (Å²) in [5.74, 6) is 2.23. The van der Waals surface area contributed by atoms with Gasteiger partial charge >= 0.3 is 0 Å². The van der Waals surface area contributed by atoms with Crippen molar-refractivity contribution in [2.75, 3.05) is 24.2 Å². The van der Waals surface area contributed by atoms with E-state index in [0.29, 0.717) is 25.4 Å². The summed E-state index contributed by atoms with van der Waals surface area (Å²) >= 11 is 1.61. The largest absolute Gasteiger partial charge is 0.369 e. The fourth-order valence-electron chi connectivity index (χ4n) is 4.09. The van der Waals surface area contributed by atoms with Gasteiger partial charge in [0.1, 0.15) is 5.82 Å². The average Bonchev–Trinajstić information content (AvgIpc) is 3.30. The van der Waals surface area contributed by atoms with Gasteiger partial charge in [0.25, 0.3) is 0 Å². The molecular formula is C28H34N6OS. The first-order valence-corrected chi connectivity index (χ1v) is 13.5. The molecule has 188 valence electrons. The lowest BCUT2D eigenvalue weighted by Gasteiger charge is -2.18. The molecule has 7 nitrogen and oxygen atoms in total. The summed E-state index contributed by atoms with van der Waals surface area (Å²) in [6.45, 7) is 8.26. The van der Waals surface area contributed by atoms with Crippen LogP contribution in [0.2, 0.25) is 0 Å². The van der Waals surface area contributed by atoms with E-state index in [9.17, 15) is 4.79 Å². The number of anilines is 1. The molecule has 36 heavy (non-hydrogen) atoms. The van der Waals surface area contributed by atoms with Crippen LogP contribution in [-0.2, 0) is 11.3 Å². The number of thioether (sulfide) groups is 1. The Hall–Kier alpha value is -3.39. The van der Waals surface area contributed by atoms with Crippen LogP contribution in [0.1, 0.15) is 44.2 Å². The van der Waals surface area contributed by atoms with Gasteiger partial charge in [0.15, 0.2) is 10.8 Å². The topological polar surface area (TPSA) is 84.7 Å². The van der Waals surface area contributed by atoms with Crippen LogP contribution >= 0.6 is 11.8 Å². The van der Waals surface area contributed by atoms with Crippen molar-refractivity contribution < 1.29 is 4.79 Å². The van der Waals surface area contributed by atoms with Gasteiger partial charge < -0.3 is 10.6 Å². The lowest BCUT2D eigenvalue weighted by atomic mass is 9.88. The maximum Gasteiger partial charge on any atom is 0.221 e. The molecule has 0 bridgehead atoms. The number of aromatic nitrogens is 4. The van der Waals surface area contributed by atoms with Crippen molar-refractivity contribution in [2.24, 2.45) is 5.92 Å². The van der Waals surface area contributed by atoms with E-state index in [-0.39, 0.29) is 11.8 Å². The number of nitrogens with zero attached hydrogens (tertiary/aromatic N) is 4. The zero-order chi connectivity index (χ0) is 25.3. The molecule has 0 unspecified atom stereocenters. The van der Waals surface area contributed by atoms with Crippen molar-refractivity contribution in [1.29, 1.82) is 0 Å². The van der Waals surface area contributed by atoms with Crippen LogP contribution < -0.4 is 10.6 Å². The number of rotatable bonds is 12. The van der Waals surface area contributed by atoms with Crippen molar-refractivity contribution in [3.63, 3.8) is 0 Å². The number of hydrogen-bond donors (Lipinski definition) is 2. The molecule has 0 aliphatic heterocycles. The Bertz CT molecular complexity index is 1220. The Morgan fingerprint density at radius 3 is 2.28 bits per heavy atom. The normalized spacial score (nSPS) is 11.4. The molecule has 0 fully saturated rings. The van der Waals surface area contributed by atoms with Crippen LogP contribution in [0.5, 0.6) is 0 Å². The maximum absolute atomic E-state index is 13.0. The van der Waals surface area contributed by atoms with Crippen LogP contribution in [-0.4, -0.2) is 44.5 Å². The molecule has 0 spiro atoms. The van der Waals surface area contributed by atoms with E-state index in [2.05, 4.69) is 60.8 Å². The second-order valence-corrected chi connectivity index (χ2v) is 10.3. The number of hydrogen-bond acceptors (Lipinski definition) is 6. The zero-order valence-corrected chi connectivity index (χ0v) is 22.0. The van der Waals surface area contributed by atoms with Crippen LogP contribution in [0.3, 0.4) is 0 Å². The minimum atomic E-state index is 0.00823. The summed E-state index contributed by atoms with van der Waals surface area (Å²) in [5.41, 5.74) is 3.06. The lowest BCUT2D eigenvalue weighted by Crippen LogP contribution is -2.29. The van der Waals surface area contributed by atoms with Crippen LogP contribution in [0.25, 0.3) is 11.0 Å². The van der Waals surface area contributed by atoms with Crippen molar-refractivity contribution in [3.05, 3.63) is 78.0 Å². The Balaban J connectivity index is 1.44. The van der Waals surface area contributed by atoms with Crippen molar-refractivity contribution >= 4 is 34.5 Å². The van der Waals surface area contributed by atoms with Gasteiger partial charge in [-0.15, -0.1) is 0 Å². The quantitative estimate of drug-likeness (QED) is 0.201. The summed E-state index contributed by atoms with van der Waals surface area (Å²) in [7, 11) is 0. The van der Waals surface area contributed by atoms with Crippen LogP contribution in [0.15, 0.2) is 72.0 Å². The van der Waals surface area contributed by atoms with E-state index < -0.39 is 0 Å². The predicted octanol–water partition coefficient (Wildman–Crippen LogP) is 5.34. The summed E-state index contributed by atoms with van der Waals surface area (Å²) in [5, 5.41) is 12.7. The molecule has 0 saturated carbocycles. The monoisotopic (exact) mass is 502 g/mol. The third-order valence-electron chi connectivity index (χ3n) is 5.87. The predicted molar refractivity (Wildman–Crippen MR) is 147 cm³/mol. The highest BCUT2D eigenvalue weighted by Crippen LogP contribution is 2.28. The zero-order valence-electron chi connectivity index (χ0n) is 21.1. The van der Waals surface area contributed by atoms with Crippen molar-refractivity contribution in [2.45, 2.75) is 44.8 Å². The first kappa shape index (κ1) is 25.7. The molecule has 0 atom stereocenters. The van der Waals surface area contributed by atoms with E-state index in [1.54, 1.807) is 18.0 Å². The molecule has 8 heteroatoms. The number of benzene rings is 2. The van der Waals surface area contributed by atoms with Gasteiger partial charge in [-0.3, -0.25) is 4.79 Å². The highest BCUT2D eigenvalue weighted by molar-refractivity contribution is 7.99. The Morgan fingerprint density at radius 2 is 1.67 bits per heavy atom. The molecular weight excluding hydrogens is 468 g/mol. The lowest BCUT2D eigenvalue weighted by molar-refractivity contribution is -0.121. The van der Waals surface area contributed by atoms with Gasteiger partial charge in [-0.1, -0.05) is 93.2 Å². The maximum atomic E-state index is 13.0. The van der Waals surface area contributed by atoms with E-state index in [4.69, 9.17) is 9.97 Å². The highest BCUT2D eigenvalue weighted by atomic mass is 32.2. The first-order valence-electron chi connectivity index (χ1n) is 12.5. The number of nitrogens with one attached hydrogen (secondary N) is 2. The van der Waals surface area contributed by atoms with Gasteiger partial charge in [0.05, 0.1) is 18.1 Å². The summed E-state index contributed by atoms with van der Waals surface area (Å²) in [4.78, 5) is 22.4. The van der Waals surface area contributed by atoms with Crippen LogP contribution in [0, 0.1) is 5.92 Å². The van der Waals surface area contributed by atoms with Gasteiger partial charge in [-0.25, -0.2) is 14.6 Å². The second-order valence-electron chi connectivity index (χ2n) is 9.10. The van der Waals surface area contributed by atoms with Crippen LogP contribution in [0.4, 0.5) is 5.82 Å². The molecule has 1 amide bonds. The minimum absolute atomic E-state index is 0.00823. The third kappa shape index (κ3) is 6.63. The van der Waals surface area contributed by atoms with Gasteiger partial charge in [-0.2, -0.15) is 5.10 Å². The first-order chi connectivity index (χ1) is 17.5. The van der Waals surface area contributed by atoms with Gasteiger partial charge in [-0.05, 0) is 22.8 Å². The number of fused-ring (bicyclic) bond motifs is 1. The summed E-state index contributed by atoms with van der Waals surface area (Å²) in [6, 6.07) is 20.4. The standard InChI is InChI=1S/C28H34N6OS/c1-4-36-28-32-26(30-18-20(2)3)24-19-31-34(27(24)33-28)16-15-29-25(35)17-23(21-11-7-5-8-12-21)22-13-9-6-10-14-22/h5-14,19-20,23H,4,15-18H2,1-3H3,(H,29,35)(H,30,32,33). The Kier molecular flexibility index (Phi) is 8.95. The summed E-state index contributed by atoms with van der Waals surface area (Å²) in [6.07, 6.45) is 2.19. The molecule has 2 N–H and O–H groups in total. The smallest absolute Gasteiger partial charge is 0.221 e. The van der Waals surface area contributed by atoms with Crippen molar-refractivity contribution in [1.82, 2.24) is 25.1 Å². The fourth-order valence-corrected chi connectivity index (χ4v) is 4.65. The molecule has 0 aliphatic carbocycles. The molecule has 4 aromatic rings. The molecule has 2 heterocycles. The fraction of sp³-hybridized carbons (Fsp3) is 0.357. The van der Waals surface area contributed by atoms with Crippen molar-refractivity contribution in [3.8, 4) is 0 Å². The molecule has 2 aromatic carbocycles. The molecule has 4 rings (SSSR count). The Labute approximate surface area is 217 Å². The van der Waals surface area contributed by atoms with E-state index >= 15 is 0 Å². The van der Waals surface area contributed by atoms with E-state index in [1.165, 1.54) is 0 Å². The molecule has 0 saturated heterocycles. The number of amides is 1.